The first kappa shape index (κ1) is 17.5. The summed E-state index contributed by atoms with van der Waals surface area (Å²) in [5.74, 6) is -1.30. The lowest BCUT2D eigenvalue weighted by atomic mass is 10.1. The first-order valence-corrected chi connectivity index (χ1v) is 7.77. The predicted molar refractivity (Wildman–Crippen MR) is 91.5 cm³/mol. The van der Waals surface area contributed by atoms with E-state index < -0.39 is 11.6 Å². The second kappa shape index (κ2) is 7.69. The van der Waals surface area contributed by atoms with E-state index in [1.54, 1.807) is 36.4 Å². The van der Waals surface area contributed by atoms with E-state index in [-0.39, 0.29) is 18.0 Å². The van der Waals surface area contributed by atoms with Gasteiger partial charge in [0.15, 0.2) is 0 Å². The molecule has 132 valence electrons. The fraction of sp³-hybridized carbons (Fsp3) is 0.105. The zero-order valence-corrected chi connectivity index (χ0v) is 13.9. The third-order valence-corrected chi connectivity index (χ3v) is 3.75. The van der Waals surface area contributed by atoms with Gasteiger partial charge in [0.2, 0.25) is 5.88 Å². The van der Waals surface area contributed by atoms with Crippen LogP contribution in [0.5, 0.6) is 5.88 Å². The van der Waals surface area contributed by atoms with Crippen LogP contribution in [0.25, 0.3) is 11.3 Å². The maximum atomic E-state index is 13.6. The van der Waals surface area contributed by atoms with E-state index >= 15 is 0 Å². The summed E-state index contributed by atoms with van der Waals surface area (Å²) in [4.78, 5) is 12.2. The van der Waals surface area contributed by atoms with Crippen LogP contribution < -0.4 is 10.1 Å². The average Bonchev–Trinajstić information content (AvgIpc) is 2.67. The van der Waals surface area contributed by atoms with E-state index in [0.717, 1.165) is 17.7 Å². The monoisotopic (exact) mass is 355 g/mol. The maximum absolute atomic E-state index is 13.6. The number of methoxy groups -OCH3 is 1. The third-order valence-electron chi connectivity index (χ3n) is 3.75. The largest absolute Gasteiger partial charge is 0.480 e. The lowest BCUT2D eigenvalue weighted by molar-refractivity contribution is 0.0950. The molecule has 0 spiro atoms. The molecule has 0 aliphatic rings. The summed E-state index contributed by atoms with van der Waals surface area (Å²) in [5, 5.41) is 10.5. The standard InChI is InChI=1S/C19H15F2N3O2/c1-26-18-9-8-17(23-24-18)12-2-4-13(5-3-12)19(25)22-11-14-6-7-15(20)10-16(14)21/h2-10H,11H2,1H3,(H,22,25). The number of amides is 1. The molecule has 0 aliphatic heterocycles. The Labute approximate surface area is 148 Å². The van der Waals surface area contributed by atoms with E-state index in [2.05, 4.69) is 15.5 Å². The summed E-state index contributed by atoms with van der Waals surface area (Å²) in [5.41, 5.74) is 2.06. The molecule has 1 N–H and O–H groups in total. The number of hydrogen-bond donors (Lipinski definition) is 1. The summed E-state index contributed by atoms with van der Waals surface area (Å²) in [7, 11) is 1.51. The van der Waals surface area contributed by atoms with E-state index in [1.807, 2.05) is 0 Å². The number of benzene rings is 2. The molecule has 0 saturated heterocycles. The van der Waals surface area contributed by atoms with Crippen molar-refractivity contribution in [2.45, 2.75) is 6.54 Å². The topological polar surface area (TPSA) is 64.1 Å². The van der Waals surface area contributed by atoms with E-state index in [0.29, 0.717) is 17.1 Å². The second-order valence-electron chi connectivity index (χ2n) is 5.46. The summed E-state index contributed by atoms with van der Waals surface area (Å²) in [6.07, 6.45) is 0. The first-order valence-electron chi connectivity index (χ1n) is 7.77. The lowest BCUT2D eigenvalue weighted by Crippen LogP contribution is -2.23. The predicted octanol–water partition coefficient (Wildman–Crippen LogP) is 3.36. The van der Waals surface area contributed by atoms with Crippen LogP contribution in [0.1, 0.15) is 15.9 Å². The van der Waals surface area contributed by atoms with Crippen LogP contribution in [0.2, 0.25) is 0 Å². The Morgan fingerprint density at radius 3 is 2.42 bits per heavy atom. The molecule has 0 atom stereocenters. The fourth-order valence-corrected chi connectivity index (χ4v) is 2.32. The highest BCUT2D eigenvalue weighted by Crippen LogP contribution is 2.18. The van der Waals surface area contributed by atoms with Crippen LogP contribution in [-0.2, 0) is 6.54 Å². The SMILES string of the molecule is COc1ccc(-c2ccc(C(=O)NCc3ccc(F)cc3F)cc2)nn1. The normalized spacial score (nSPS) is 10.4. The van der Waals surface area contributed by atoms with Gasteiger partial charge in [-0.15, -0.1) is 10.2 Å². The molecular formula is C19H15F2N3O2. The van der Waals surface area contributed by atoms with E-state index in [1.165, 1.54) is 13.2 Å². The summed E-state index contributed by atoms with van der Waals surface area (Å²) in [6, 6.07) is 13.4. The number of nitrogens with zero attached hydrogens (tertiary/aromatic N) is 2. The average molecular weight is 355 g/mol. The number of nitrogens with one attached hydrogen (secondary N) is 1. The molecule has 3 rings (SSSR count). The van der Waals surface area contributed by atoms with Crippen molar-refractivity contribution in [3.8, 4) is 17.1 Å². The maximum Gasteiger partial charge on any atom is 0.251 e. The van der Waals surface area contributed by atoms with Gasteiger partial charge in [0.1, 0.15) is 11.6 Å². The van der Waals surface area contributed by atoms with Crippen molar-refractivity contribution in [3.63, 3.8) is 0 Å². The minimum absolute atomic E-state index is 0.0311. The molecule has 1 aromatic heterocycles. The quantitative estimate of drug-likeness (QED) is 0.762. The zero-order chi connectivity index (χ0) is 18.5. The number of carbonyl (C=O) groups is 1. The zero-order valence-electron chi connectivity index (χ0n) is 13.9. The van der Waals surface area contributed by atoms with Crippen LogP contribution in [0.4, 0.5) is 8.78 Å². The second-order valence-corrected chi connectivity index (χ2v) is 5.46. The van der Waals surface area contributed by atoms with Crippen LogP contribution in [-0.4, -0.2) is 23.2 Å². The fourth-order valence-electron chi connectivity index (χ4n) is 2.32. The van der Waals surface area contributed by atoms with Crippen LogP contribution >= 0.6 is 0 Å². The Morgan fingerprint density at radius 2 is 1.81 bits per heavy atom. The lowest BCUT2D eigenvalue weighted by Gasteiger charge is -2.07. The van der Waals surface area contributed by atoms with Gasteiger partial charge in [-0.25, -0.2) is 8.78 Å². The Balaban J connectivity index is 1.66. The van der Waals surface area contributed by atoms with Crippen molar-refractivity contribution < 1.29 is 18.3 Å². The number of halogens is 2. The first-order chi connectivity index (χ1) is 12.6. The summed E-state index contributed by atoms with van der Waals surface area (Å²) < 4.78 is 31.4. The van der Waals surface area contributed by atoms with Crippen molar-refractivity contribution in [2.24, 2.45) is 0 Å². The van der Waals surface area contributed by atoms with Gasteiger partial charge in [-0.05, 0) is 24.3 Å². The molecule has 26 heavy (non-hydrogen) atoms. The van der Waals surface area contributed by atoms with Gasteiger partial charge in [-0.3, -0.25) is 4.79 Å². The highest BCUT2D eigenvalue weighted by molar-refractivity contribution is 5.94. The molecule has 2 aromatic carbocycles. The van der Waals surface area contributed by atoms with Crippen molar-refractivity contribution >= 4 is 5.91 Å². The highest BCUT2D eigenvalue weighted by atomic mass is 19.1. The smallest absolute Gasteiger partial charge is 0.251 e. The van der Waals surface area contributed by atoms with Crippen LogP contribution in [0.15, 0.2) is 54.6 Å². The van der Waals surface area contributed by atoms with Crippen molar-refractivity contribution in [3.05, 3.63) is 77.4 Å². The number of rotatable bonds is 5. The summed E-state index contributed by atoms with van der Waals surface area (Å²) in [6.45, 7) is -0.0311. The minimum atomic E-state index is -0.696. The van der Waals surface area contributed by atoms with Crippen molar-refractivity contribution in [1.82, 2.24) is 15.5 Å². The highest BCUT2D eigenvalue weighted by Gasteiger charge is 2.09. The molecule has 0 saturated carbocycles. The Morgan fingerprint density at radius 1 is 1.04 bits per heavy atom. The van der Waals surface area contributed by atoms with Gasteiger partial charge in [0, 0.05) is 35.4 Å². The van der Waals surface area contributed by atoms with Gasteiger partial charge in [0.25, 0.3) is 5.91 Å². The van der Waals surface area contributed by atoms with Crippen molar-refractivity contribution in [1.29, 1.82) is 0 Å². The number of aromatic nitrogens is 2. The molecule has 0 fully saturated rings. The molecule has 0 radical (unpaired) electrons. The minimum Gasteiger partial charge on any atom is -0.480 e. The van der Waals surface area contributed by atoms with Gasteiger partial charge < -0.3 is 10.1 Å². The van der Waals surface area contributed by atoms with E-state index in [4.69, 9.17) is 4.74 Å². The summed E-state index contributed by atoms with van der Waals surface area (Å²) >= 11 is 0. The van der Waals surface area contributed by atoms with Crippen LogP contribution in [0.3, 0.4) is 0 Å². The van der Waals surface area contributed by atoms with Gasteiger partial charge in [-0.1, -0.05) is 18.2 Å². The van der Waals surface area contributed by atoms with Crippen molar-refractivity contribution in [2.75, 3.05) is 7.11 Å². The molecule has 1 heterocycles. The number of hydrogen-bond acceptors (Lipinski definition) is 4. The molecule has 1 amide bonds. The van der Waals surface area contributed by atoms with Gasteiger partial charge in [-0.2, -0.15) is 0 Å². The van der Waals surface area contributed by atoms with E-state index in [9.17, 15) is 13.6 Å². The third kappa shape index (κ3) is 4.00. The molecule has 5 nitrogen and oxygen atoms in total. The molecule has 0 bridgehead atoms. The number of carbonyl (C=O) groups excluding carboxylic acids is 1. The molecule has 3 aromatic rings. The van der Waals surface area contributed by atoms with Gasteiger partial charge >= 0.3 is 0 Å². The van der Waals surface area contributed by atoms with Crippen LogP contribution in [0, 0.1) is 11.6 Å². The Bertz CT molecular complexity index is 913. The molecule has 0 aliphatic carbocycles. The number of ether oxygens (including phenoxy) is 1. The molecule has 0 unspecified atom stereocenters. The Kier molecular flexibility index (Phi) is 5.17. The Hall–Kier alpha value is -3.35. The molecular weight excluding hydrogens is 340 g/mol. The van der Waals surface area contributed by atoms with Gasteiger partial charge in [0.05, 0.1) is 12.8 Å². The molecule has 7 heteroatoms.